The molecular weight excluding hydrogens is 216 g/mol. The number of thioether (sulfide) groups is 1. The fraction of sp³-hybridized carbons (Fsp3) is 0.778. The van der Waals surface area contributed by atoms with Gasteiger partial charge in [-0.3, -0.25) is 4.79 Å². The quantitative estimate of drug-likeness (QED) is 0.578. The van der Waals surface area contributed by atoms with Crippen molar-refractivity contribution >= 4 is 23.6 Å². The summed E-state index contributed by atoms with van der Waals surface area (Å²) in [5.74, 6) is -0.956. The van der Waals surface area contributed by atoms with Crippen molar-refractivity contribution in [2.24, 2.45) is 5.73 Å². The molecule has 0 aliphatic carbocycles. The zero-order valence-corrected chi connectivity index (χ0v) is 9.84. The summed E-state index contributed by atoms with van der Waals surface area (Å²) >= 11 is 1.50. The zero-order valence-electron chi connectivity index (χ0n) is 9.03. The van der Waals surface area contributed by atoms with Gasteiger partial charge in [0, 0.05) is 17.9 Å². The van der Waals surface area contributed by atoms with Crippen LogP contribution in [0.25, 0.3) is 0 Å². The van der Waals surface area contributed by atoms with E-state index in [0.717, 1.165) is 6.42 Å². The third-order valence-corrected chi connectivity index (χ3v) is 3.13. The number of carbonyl (C=O) groups is 2. The molecule has 0 saturated heterocycles. The normalized spacial score (nSPS) is 14.3. The van der Waals surface area contributed by atoms with Gasteiger partial charge in [-0.1, -0.05) is 6.92 Å². The number of rotatable bonds is 7. The molecule has 0 radical (unpaired) electrons. The fourth-order valence-electron chi connectivity index (χ4n) is 0.999. The first-order valence-electron chi connectivity index (χ1n) is 4.79. The Morgan fingerprint density at radius 2 is 2.13 bits per heavy atom. The summed E-state index contributed by atoms with van der Waals surface area (Å²) in [6, 6.07) is -0.812. The first-order chi connectivity index (χ1) is 6.97. The average Bonchev–Trinajstić information content (AvgIpc) is 2.11. The SMILES string of the molecule is CC(=O)NC(CSC(C)CCN)C(=O)O. The van der Waals surface area contributed by atoms with Crippen molar-refractivity contribution in [1.82, 2.24) is 5.32 Å². The Balaban J connectivity index is 3.96. The summed E-state index contributed by atoms with van der Waals surface area (Å²) in [7, 11) is 0. The summed E-state index contributed by atoms with van der Waals surface area (Å²) in [4.78, 5) is 21.5. The molecule has 0 aromatic carbocycles. The molecule has 0 aliphatic rings. The molecule has 0 bridgehead atoms. The third kappa shape index (κ3) is 7.21. The molecule has 6 heteroatoms. The minimum absolute atomic E-state index is 0.311. The van der Waals surface area contributed by atoms with Crippen LogP contribution >= 0.6 is 11.8 Å². The standard InChI is InChI=1S/C9H18N2O3S/c1-6(3-4-10)15-5-8(9(13)14)11-7(2)12/h6,8H,3-5,10H2,1-2H3,(H,11,12)(H,13,14). The van der Waals surface area contributed by atoms with Crippen LogP contribution in [0.2, 0.25) is 0 Å². The smallest absolute Gasteiger partial charge is 0.327 e. The zero-order chi connectivity index (χ0) is 11.8. The van der Waals surface area contributed by atoms with E-state index in [9.17, 15) is 9.59 Å². The van der Waals surface area contributed by atoms with E-state index >= 15 is 0 Å². The van der Waals surface area contributed by atoms with Gasteiger partial charge in [0.1, 0.15) is 6.04 Å². The fourth-order valence-corrected chi connectivity index (χ4v) is 2.05. The minimum atomic E-state index is -1.00. The van der Waals surface area contributed by atoms with Gasteiger partial charge in [0.2, 0.25) is 5.91 Å². The van der Waals surface area contributed by atoms with Gasteiger partial charge in [0.25, 0.3) is 0 Å². The summed E-state index contributed by atoms with van der Waals surface area (Å²) < 4.78 is 0. The first kappa shape index (κ1) is 14.2. The highest BCUT2D eigenvalue weighted by Crippen LogP contribution is 2.14. The highest BCUT2D eigenvalue weighted by molar-refractivity contribution is 7.99. The Morgan fingerprint density at radius 3 is 2.53 bits per heavy atom. The lowest BCUT2D eigenvalue weighted by Gasteiger charge is -2.15. The molecule has 4 N–H and O–H groups in total. The molecule has 2 unspecified atom stereocenters. The molecule has 0 heterocycles. The van der Waals surface area contributed by atoms with Crippen LogP contribution in [-0.4, -0.2) is 40.6 Å². The molecule has 88 valence electrons. The molecule has 0 aromatic rings. The Kier molecular flexibility index (Phi) is 7.15. The second-order valence-electron chi connectivity index (χ2n) is 3.31. The maximum absolute atomic E-state index is 10.8. The van der Waals surface area contributed by atoms with Gasteiger partial charge in [0.15, 0.2) is 0 Å². The molecule has 0 fully saturated rings. The van der Waals surface area contributed by atoms with E-state index in [-0.39, 0.29) is 5.91 Å². The lowest BCUT2D eigenvalue weighted by Crippen LogP contribution is -2.41. The number of amides is 1. The van der Waals surface area contributed by atoms with E-state index in [0.29, 0.717) is 17.5 Å². The Bertz CT molecular complexity index is 223. The molecule has 15 heavy (non-hydrogen) atoms. The maximum atomic E-state index is 10.8. The molecule has 0 spiro atoms. The molecule has 2 atom stereocenters. The van der Waals surface area contributed by atoms with E-state index in [1.165, 1.54) is 18.7 Å². The van der Waals surface area contributed by atoms with Crippen LogP contribution in [0.5, 0.6) is 0 Å². The van der Waals surface area contributed by atoms with Crippen molar-refractivity contribution in [3.8, 4) is 0 Å². The maximum Gasteiger partial charge on any atom is 0.327 e. The van der Waals surface area contributed by atoms with E-state index in [2.05, 4.69) is 5.32 Å². The molecule has 0 rings (SSSR count). The Morgan fingerprint density at radius 1 is 1.53 bits per heavy atom. The number of nitrogens with two attached hydrogens (primary N) is 1. The summed E-state index contributed by atoms with van der Waals surface area (Å²) in [5.41, 5.74) is 5.38. The van der Waals surface area contributed by atoms with Crippen LogP contribution in [0.15, 0.2) is 0 Å². The van der Waals surface area contributed by atoms with E-state index in [4.69, 9.17) is 10.8 Å². The predicted octanol–water partition coefficient (Wildman–Crippen LogP) is 0.0462. The number of hydrogen-bond donors (Lipinski definition) is 3. The second kappa shape index (κ2) is 7.53. The van der Waals surface area contributed by atoms with Crippen LogP contribution in [0.3, 0.4) is 0 Å². The van der Waals surface area contributed by atoms with Crippen LogP contribution in [0.1, 0.15) is 20.3 Å². The van der Waals surface area contributed by atoms with Crippen molar-refractivity contribution in [3.63, 3.8) is 0 Å². The van der Waals surface area contributed by atoms with Gasteiger partial charge in [-0.15, -0.1) is 0 Å². The van der Waals surface area contributed by atoms with Gasteiger partial charge in [-0.05, 0) is 13.0 Å². The highest BCUT2D eigenvalue weighted by atomic mass is 32.2. The summed E-state index contributed by atoms with van der Waals surface area (Å²) in [6.07, 6.45) is 0.844. The van der Waals surface area contributed by atoms with Gasteiger partial charge in [-0.2, -0.15) is 11.8 Å². The lowest BCUT2D eigenvalue weighted by molar-refractivity contribution is -0.140. The van der Waals surface area contributed by atoms with E-state index < -0.39 is 12.0 Å². The Hall–Kier alpha value is -0.750. The molecular formula is C9H18N2O3S. The highest BCUT2D eigenvalue weighted by Gasteiger charge is 2.19. The largest absolute Gasteiger partial charge is 0.480 e. The number of carboxylic acid groups (broad SMARTS) is 1. The Labute approximate surface area is 93.8 Å². The van der Waals surface area contributed by atoms with E-state index in [1.807, 2.05) is 6.92 Å². The van der Waals surface area contributed by atoms with Crippen molar-refractivity contribution in [3.05, 3.63) is 0 Å². The molecule has 0 saturated carbocycles. The molecule has 0 aliphatic heterocycles. The third-order valence-electron chi connectivity index (χ3n) is 1.80. The average molecular weight is 234 g/mol. The number of hydrogen-bond acceptors (Lipinski definition) is 4. The van der Waals surface area contributed by atoms with Crippen molar-refractivity contribution in [2.45, 2.75) is 31.6 Å². The lowest BCUT2D eigenvalue weighted by atomic mass is 10.3. The van der Waals surface area contributed by atoms with Crippen molar-refractivity contribution < 1.29 is 14.7 Å². The van der Waals surface area contributed by atoms with Crippen LogP contribution in [0, 0.1) is 0 Å². The van der Waals surface area contributed by atoms with E-state index in [1.54, 1.807) is 0 Å². The summed E-state index contributed by atoms with van der Waals surface area (Å²) in [5, 5.41) is 11.5. The first-order valence-corrected chi connectivity index (χ1v) is 5.83. The minimum Gasteiger partial charge on any atom is -0.480 e. The van der Waals surface area contributed by atoms with Crippen molar-refractivity contribution in [2.75, 3.05) is 12.3 Å². The topological polar surface area (TPSA) is 92.4 Å². The van der Waals surface area contributed by atoms with Gasteiger partial charge >= 0.3 is 5.97 Å². The van der Waals surface area contributed by atoms with Crippen LogP contribution in [0.4, 0.5) is 0 Å². The number of carbonyl (C=O) groups excluding carboxylic acids is 1. The van der Waals surface area contributed by atoms with Crippen molar-refractivity contribution in [1.29, 1.82) is 0 Å². The second-order valence-corrected chi connectivity index (χ2v) is 4.78. The number of aliphatic carboxylic acids is 1. The molecule has 5 nitrogen and oxygen atoms in total. The van der Waals surface area contributed by atoms with Gasteiger partial charge in [0.05, 0.1) is 0 Å². The number of nitrogens with one attached hydrogen (secondary N) is 1. The summed E-state index contributed by atoms with van der Waals surface area (Å²) in [6.45, 7) is 3.89. The van der Waals surface area contributed by atoms with Crippen LogP contribution < -0.4 is 11.1 Å². The molecule has 1 amide bonds. The van der Waals surface area contributed by atoms with Gasteiger partial charge in [-0.25, -0.2) is 4.79 Å². The van der Waals surface area contributed by atoms with Gasteiger partial charge < -0.3 is 16.2 Å². The van der Waals surface area contributed by atoms with Crippen LogP contribution in [-0.2, 0) is 9.59 Å². The predicted molar refractivity (Wildman–Crippen MR) is 60.8 cm³/mol. The number of carboxylic acids is 1. The molecule has 0 aromatic heterocycles. The monoisotopic (exact) mass is 234 g/mol.